The molecular formula is C71H126N2O31PU9-9. The van der Waals surface area contributed by atoms with Crippen LogP contribution >= 0.6 is 8.53 Å². The zero-order chi connectivity index (χ0) is 85.0. The van der Waals surface area contributed by atoms with Crippen molar-refractivity contribution in [1.82, 2.24) is 4.67 Å². The summed E-state index contributed by atoms with van der Waals surface area (Å²) in [6.45, 7) is 41.8. The molecule has 14 fully saturated rings. The van der Waals surface area contributed by atoms with Crippen molar-refractivity contribution in [1.29, 1.82) is 7.16 Å². The van der Waals surface area contributed by atoms with Gasteiger partial charge in [-0.25, -0.2) is 37.7 Å². The minimum atomic E-state index is -1.35. The number of rotatable bonds is 26. The van der Waals surface area contributed by atoms with E-state index < -0.39 is 48.7 Å². The topological polar surface area (TPSA) is 382 Å². The maximum Gasteiger partial charge on any atom is 0.259 e. The third kappa shape index (κ3) is 40.5. The number of fused-ring (bicyclic) bond motifs is 10. The third-order valence-corrected chi connectivity index (χ3v) is 20.1. The molecule has 0 saturated carbocycles. The van der Waals surface area contributed by atoms with Gasteiger partial charge in [-0.1, -0.05) is 13.8 Å². The van der Waals surface area contributed by atoms with Crippen LogP contribution in [0.2, 0.25) is 0 Å². The van der Waals surface area contributed by atoms with Crippen LogP contribution in [0.5, 0.6) is 0 Å². The van der Waals surface area contributed by atoms with Crippen LogP contribution in [0.4, 0.5) is 0 Å². The summed E-state index contributed by atoms with van der Waals surface area (Å²) >= 11 is 0. The summed E-state index contributed by atoms with van der Waals surface area (Å²) in [6, 6.07) is 0.465. The molecule has 0 aromatic rings. The molecule has 14 heterocycles. The van der Waals surface area contributed by atoms with E-state index in [0.29, 0.717) is 90.7 Å². The summed E-state index contributed by atoms with van der Waals surface area (Å²) in [7, 11) is 5.11. The summed E-state index contributed by atoms with van der Waals surface area (Å²) in [5.41, 5.74) is -3.32. The van der Waals surface area contributed by atoms with E-state index in [0.717, 1.165) is 12.8 Å². The molecule has 1 unspecified atom stereocenters. The van der Waals surface area contributed by atoms with E-state index >= 15 is 0 Å². The van der Waals surface area contributed by atoms with Gasteiger partial charge in [-0.3, -0.25) is 0 Å². The van der Waals surface area contributed by atoms with Gasteiger partial charge in [0.2, 0.25) is 13.7 Å². The van der Waals surface area contributed by atoms with E-state index in [1.165, 1.54) is 42.2 Å². The molecule has 114 heavy (non-hydrogen) atoms. The van der Waals surface area contributed by atoms with Crippen molar-refractivity contribution in [3.05, 3.63) is 70.9 Å². The molecule has 0 amide bonds. The van der Waals surface area contributed by atoms with Crippen LogP contribution in [0.15, 0.2) is 0 Å². The number of hydrogen-bond donors (Lipinski definition) is 8. The Morgan fingerprint density at radius 3 is 1.12 bits per heavy atom. The first-order valence-electron chi connectivity index (χ1n) is 40.3. The predicted octanol–water partition coefficient (Wildman–Crippen LogP) is 3.65. The molecule has 0 aromatic carbocycles. The van der Waals surface area contributed by atoms with E-state index in [2.05, 4.69) is 76.6 Å². The zero-order valence-corrected chi connectivity index (χ0v) is 106. The van der Waals surface area contributed by atoms with Crippen molar-refractivity contribution < 1.29 is 436 Å². The first-order chi connectivity index (χ1) is 55.4. The van der Waals surface area contributed by atoms with Crippen LogP contribution in [-0.2, 0) is 109 Å². The van der Waals surface area contributed by atoms with Crippen LogP contribution in [0.3, 0.4) is 0 Å². The van der Waals surface area contributed by atoms with Gasteiger partial charge in [-0.05, 0) is 111 Å². The Morgan fingerprint density at radius 1 is 0.500 bits per heavy atom. The number of nitrogens with zero attached hydrogens (tertiary/aromatic N) is 2. The van der Waals surface area contributed by atoms with Crippen LogP contribution in [-0.4, -0.2) is 326 Å². The first kappa shape index (κ1) is 113. The van der Waals surface area contributed by atoms with Gasteiger partial charge in [0.15, 0.2) is 0 Å². The molecule has 10 bridgehead atoms. The van der Waals surface area contributed by atoms with Crippen LogP contribution in [0.1, 0.15) is 116 Å². The second kappa shape index (κ2) is 71.7. The maximum absolute atomic E-state index is 9.53. The Hall–Kier alpha value is 8.11. The zero-order valence-electron chi connectivity index (χ0n) is 77.3. The van der Waals surface area contributed by atoms with Gasteiger partial charge in [-0.2, -0.15) is 45.9 Å². The van der Waals surface area contributed by atoms with Gasteiger partial charge in [0, 0.05) is 353 Å². The molecule has 14 aliphatic rings. The molecule has 43 heteroatoms. The molecule has 14 rings (SSSR count). The Balaban J connectivity index is -0.000000334. The van der Waals surface area contributed by atoms with Crippen LogP contribution < -0.4 is 0 Å². The molecule has 24 atom stereocenters. The Bertz CT molecular complexity index is 2460. The molecule has 14 aliphatic heterocycles. The fraction of sp³-hybridized carbons (Fsp3) is 0.859. The molecule has 656 valence electrons. The Morgan fingerprint density at radius 2 is 0.833 bits per heavy atom. The molecule has 0 aromatic heterocycles. The van der Waals surface area contributed by atoms with Gasteiger partial charge in [0.25, 0.3) is 8.53 Å². The van der Waals surface area contributed by atoms with Gasteiger partial charge in [0.1, 0.15) is 27.0 Å². The molecule has 8 N–H and O–H groups in total. The first-order valence-corrected chi connectivity index (χ1v) is 35.9. The fourth-order valence-corrected chi connectivity index (χ4v) is 13.9. The minimum absolute atomic E-state index is 0. The molecule has 33 nitrogen and oxygen atoms in total. The summed E-state index contributed by atoms with van der Waals surface area (Å²) < 4.78 is 195. The van der Waals surface area contributed by atoms with E-state index in [1.54, 1.807) is 46.2 Å². The standard InChI is InChI=1S/C21H35N2O7P.C13H20O5.C12H18O6.C8H13O3.C6H9O3.C6H11O2.5CH4O.9U/c1-15(2)23(16(3)4)31(29-10-8-22-6)30-17-7-9-25-18(17)11-24-14-27-20-19-12-28-21(20,5)13-26-19;1-9-3-4-15-10(9)5-14-8-17-12-11-6-18-13(12,2)7-16-11;1-12-6-16-10(5-18-12)11(12)17-7-14-4-9-8(13)2-3-15-9;1-3-9-7-6-4-11-8(7,2)5-10-6;1-6-3-8-4(2-9-6)5(6)7;1-5-2-3-8-6(5)4-7;5*1-2;;;;;;;;;/h9,12,15-20H,7-8,10-11,13-14H2,1-5H3;4,6,9-12H,3,5,7-8H2,1-2H3;3,5,8-11,13H,2,4,6-7H2,1H3;4,6-7H,3,5H2,1-2H3;2,4-5,7H,3H2,1H3;3,5-7H,2,4H2,1H3;5*2H,1H3;;;;;;;;;/q3*-2;3*-1;;;;;;;;;;;;;;/t17-,18+,19-,20-,21-,31?;9-,10+,11-,12-,13-;8-,9+,10-,11-,12-;6-,7-,8-;4-,5-,6-;5-,6+;;;;;;;;;;;;;;/m000000............../s1/i5D;2D;1D;2D;1D;;5*2T;;;;;;;;;. The smallest absolute Gasteiger partial charge is 0.259 e. The summed E-state index contributed by atoms with van der Waals surface area (Å²) in [6.07, 6.45) is -0.639. The van der Waals surface area contributed by atoms with Gasteiger partial charge in [0.05, 0.1) is 142 Å². The van der Waals surface area contributed by atoms with Crippen molar-refractivity contribution in [3.8, 4) is 0 Å². The predicted molar refractivity (Wildman–Crippen MR) is 375 cm³/mol. The van der Waals surface area contributed by atoms with Crippen molar-refractivity contribution in [2.45, 2.75) is 246 Å². The largest absolute Gasteiger partial charge is 0.548 e. The van der Waals surface area contributed by atoms with Crippen molar-refractivity contribution in [2.75, 3.05) is 135 Å². The summed E-state index contributed by atoms with van der Waals surface area (Å²) in [5.74, 6) is 0.988. The second-order valence-corrected chi connectivity index (χ2v) is 27.6. The minimum Gasteiger partial charge on any atom is -0.548 e. The SMILES string of the molecule is C[C@H]1C[CH-]O[C@@H]1CO.[2H]C[C@@]12CO[C@@H]([CH-]O1)[C@@H]2O.[2H]C[C@@]12CO[C@@H]([CH-]O1)[C@@H]2OCC.[2H]C[C@@]12CO[C@@H]([CH-]O1)[C@@H]2OCOC[C@H]1O[CH-]C[C@@H]1C.[2H]C[C@@]12CO[C@@H]([CH-]O1)[C@@H]2OCOC[C@H]1O[CH-]C[C@@H]1O.[2H]C[C@@]12CO[C@@H]([CH-]O1)[C@@H]2OCOC[C@H]1O[CH-]C[C@@H]1OP(OCC[N+]#[C-])N(C(C)C)C(C)C.[3H]OC.[3H]OC.[3H]OC.[3H]OC.[3H]OC.[U].[U].[U].[U].[U].[U].[U].[U].[U]. The number of aliphatic hydroxyl groups excluding tert-OH is 8. The van der Waals surface area contributed by atoms with Crippen LogP contribution in [0, 0.1) is 358 Å². The molecule has 0 aliphatic carbocycles. The Kier molecular flexibility index (Phi) is 70.8. The molecule has 0 spiro atoms. The number of ether oxygens (including phenoxy) is 21. The van der Waals surface area contributed by atoms with E-state index in [9.17, 15) is 10.2 Å². The molecule has 0 radical (unpaired) electrons. The third-order valence-electron chi connectivity index (χ3n) is 17.9. The summed E-state index contributed by atoms with van der Waals surface area (Å²) in [4.78, 5) is 3.38. The fourth-order valence-electron chi connectivity index (χ4n) is 12.1. The van der Waals surface area contributed by atoms with E-state index in [4.69, 9.17) is 134 Å². The summed E-state index contributed by atoms with van der Waals surface area (Å²) in [5, 5.41) is 45.0. The average molecular weight is 3690 g/mol. The second-order valence-electron chi connectivity index (χ2n) is 26.2. The quantitative estimate of drug-likeness (QED) is 0.0265. The maximum atomic E-state index is 9.53. The van der Waals surface area contributed by atoms with Crippen molar-refractivity contribution in [2.24, 2.45) is 11.8 Å². The van der Waals surface area contributed by atoms with Crippen LogP contribution in [0.25, 0.3) is 4.85 Å². The Labute approximate surface area is 908 Å². The normalized spacial score (nSPS) is 37.2. The molecule has 14 saturated heterocycles. The monoisotopic (exact) mass is 3690 g/mol. The van der Waals surface area contributed by atoms with Crippen molar-refractivity contribution in [3.63, 3.8) is 0 Å². The number of aliphatic hydroxyl groups is 8. The average Bonchev–Trinajstić information content (AvgIpc) is 1.65. The van der Waals surface area contributed by atoms with E-state index in [-0.39, 0.29) is 446 Å². The van der Waals surface area contributed by atoms with Gasteiger partial charge in [-0.15, -0.1) is 12.8 Å². The van der Waals surface area contributed by atoms with Gasteiger partial charge < -0.3 is 154 Å². The number of hydrogen-bond acceptors (Lipinski definition) is 32. The van der Waals surface area contributed by atoms with Crippen molar-refractivity contribution >= 4 is 8.53 Å². The van der Waals surface area contributed by atoms with Gasteiger partial charge >= 0.3 is 0 Å². The van der Waals surface area contributed by atoms with E-state index in [1.807, 2.05) is 13.5 Å². The molecular weight excluding hydrogens is 3550 g/mol.